The Hall–Kier alpha value is -2.17. The van der Waals surface area contributed by atoms with Crippen LogP contribution in [0.25, 0.3) is 10.9 Å². The topological polar surface area (TPSA) is 29.3 Å². The molecule has 0 aliphatic carbocycles. The third-order valence-electron chi connectivity index (χ3n) is 5.23. The van der Waals surface area contributed by atoms with E-state index in [1.807, 2.05) is 48.7 Å². The lowest BCUT2D eigenvalue weighted by molar-refractivity contribution is 0.748. The maximum absolute atomic E-state index is 6.42. The van der Waals surface area contributed by atoms with Crippen molar-refractivity contribution in [3.05, 3.63) is 103 Å². The minimum atomic E-state index is 0.438. The predicted octanol–water partition coefficient (Wildman–Crippen LogP) is 7.74. The molecular formula is C24H19Cl4N3. The molecule has 0 bridgehead atoms. The number of halogens is 4. The van der Waals surface area contributed by atoms with Gasteiger partial charge in [0.15, 0.2) is 0 Å². The molecule has 0 aliphatic heterocycles. The zero-order chi connectivity index (χ0) is 22.0. The number of nitrogens with one attached hydrogen (secondary N) is 1. The molecule has 4 rings (SSSR count). The number of nitrogens with zero attached hydrogens (tertiary/aromatic N) is 2. The Morgan fingerprint density at radius 1 is 0.903 bits per heavy atom. The van der Waals surface area contributed by atoms with Crippen LogP contribution in [0.5, 0.6) is 0 Å². The van der Waals surface area contributed by atoms with Gasteiger partial charge in [-0.1, -0.05) is 76.7 Å². The molecule has 7 heteroatoms. The summed E-state index contributed by atoms with van der Waals surface area (Å²) >= 11 is 24.9. The number of hydrazone groups is 1. The average Bonchev–Trinajstić information content (AvgIpc) is 3.00. The van der Waals surface area contributed by atoms with Crippen molar-refractivity contribution in [2.75, 3.05) is 0 Å². The van der Waals surface area contributed by atoms with Crippen LogP contribution in [0.4, 0.5) is 0 Å². The lowest BCUT2D eigenvalue weighted by Gasteiger charge is -2.10. The third kappa shape index (κ3) is 4.70. The number of rotatable bonds is 6. The summed E-state index contributed by atoms with van der Waals surface area (Å²) in [6.45, 7) is 3.15. The number of hydrogen-bond acceptors (Lipinski definition) is 2. The van der Waals surface area contributed by atoms with Crippen LogP contribution in [0, 0.1) is 6.92 Å². The Balaban J connectivity index is 1.62. The van der Waals surface area contributed by atoms with E-state index in [0.717, 1.165) is 33.3 Å². The minimum absolute atomic E-state index is 0.438. The molecule has 0 saturated carbocycles. The molecule has 1 heterocycles. The summed E-state index contributed by atoms with van der Waals surface area (Å²) in [4.78, 5) is 0. The van der Waals surface area contributed by atoms with Crippen LogP contribution in [0.1, 0.15) is 22.4 Å². The van der Waals surface area contributed by atoms with E-state index in [2.05, 4.69) is 34.2 Å². The molecule has 0 radical (unpaired) electrons. The Morgan fingerprint density at radius 2 is 1.65 bits per heavy atom. The van der Waals surface area contributed by atoms with E-state index < -0.39 is 0 Å². The number of aromatic nitrogens is 1. The van der Waals surface area contributed by atoms with Crippen molar-refractivity contribution in [3.8, 4) is 0 Å². The van der Waals surface area contributed by atoms with E-state index in [0.29, 0.717) is 33.2 Å². The molecule has 0 spiro atoms. The largest absolute Gasteiger partial charge is 0.340 e. The van der Waals surface area contributed by atoms with E-state index >= 15 is 0 Å². The molecule has 0 aliphatic rings. The summed E-state index contributed by atoms with van der Waals surface area (Å²) in [6, 6.07) is 19.3. The standard InChI is InChI=1S/C24H19Cl4N3/c1-15-19(12-29-30-13-20-21(26)6-4-7-22(20)27)18-5-2-3-8-24(18)31(15)14-16-9-10-17(25)11-23(16)28/h2-12,30H,13-14H2,1H3/b29-12-. The van der Waals surface area contributed by atoms with Crippen LogP contribution < -0.4 is 5.43 Å². The monoisotopic (exact) mass is 489 g/mol. The Kier molecular flexibility index (Phi) is 6.78. The summed E-state index contributed by atoms with van der Waals surface area (Å²) in [5.41, 5.74) is 8.12. The zero-order valence-electron chi connectivity index (χ0n) is 16.7. The summed E-state index contributed by atoms with van der Waals surface area (Å²) < 4.78 is 2.23. The van der Waals surface area contributed by atoms with Crippen molar-refractivity contribution >= 4 is 63.5 Å². The second-order valence-electron chi connectivity index (χ2n) is 7.13. The summed E-state index contributed by atoms with van der Waals surface area (Å²) in [5.74, 6) is 0. The summed E-state index contributed by atoms with van der Waals surface area (Å²) in [7, 11) is 0. The summed E-state index contributed by atoms with van der Waals surface area (Å²) in [6.07, 6.45) is 1.84. The van der Waals surface area contributed by atoms with Crippen molar-refractivity contribution in [1.82, 2.24) is 9.99 Å². The first-order valence-electron chi connectivity index (χ1n) is 9.66. The van der Waals surface area contributed by atoms with Gasteiger partial charge in [0.2, 0.25) is 0 Å². The highest BCUT2D eigenvalue weighted by Gasteiger charge is 2.14. The molecule has 4 aromatic rings. The van der Waals surface area contributed by atoms with Gasteiger partial charge >= 0.3 is 0 Å². The SMILES string of the molecule is Cc1c(/C=N\NCc2c(Cl)cccc2Cl)c2ccccc2n1Cc1ccc(Cl)cc1Cl. The van der Waals surface area contributed by atoms with Gasteiger partial charge in [0.1, 0.15) is 0 Å². The van der Waals surface area contributed by atoms with Gasteiger partial charge in [0, 0.05) is 54.4 Å². The van der Waals surface area contributed by atoms with Crippen molar-refractivity contribution < 1.29 is 0 Å². The minimum Gasteiger partial charge on any atom is -0.340 e. The van der Waals surface area contributed by atoms with Crippen molar-refractivity contribution in [3.63, 3.8) is 0 Å². The molecule has 0 fully saturated rings. The maximum atomic E-state index is 6.42. The van der Waals surface area contributed by atoms with E-state index in [1.54, 1.807) is 6.07 Å². The van der Waals surface area contributed by atoms with Gasteiger partial charge in [-0.25, -0.2) is 0 Å². The lowest BCUT2D eigenvalue weighted by Crippen LogP contribution is -2.07. The van der Waals surface area contributed by atoms with Gasteiger partial charge in [-0.05, 0) is 42.8 Å². The normalized spacial score (nSPS) is 11.5. The van der Waals surface area contributed by atoms with Gasteiger partial charge < -0.3 is 9.99 Å². The van der Waals surface area contributed by atoms with Crippen LogP contribution in [-0.2, 0) is 13.1 Å². The van der Waals surface area contributed by atoms with Gasteiger partial charge in [0.05, 0.1) is 12.8 Å². The van der Waals surface area contributed by atoms with Gasteiger partial charge in [-0.15, -0.1) is 0 Å². The van der Waals surface area contributed by atoms with Crippen LogP contribution in [-0.4, -0.2) is 10.8 Å². The second kappa shape index (κ2) is 9.54. The Morgan fingerprint density at radius 3 is 2.39 bits per heavy atom. The number of para-hydroxylation sites is 1. The van der Waals surface area contributed by atoms with E-state index in [-0.39, 0.29) is 0 Å². The van der Waals surface area contributed by atoms with Crippen LogP contribution in [0.3, 0.4) is 0 Å². The highest BCUT2D eigenvalue weighted by atomic mass is 35.5. The van der Waals surface area contributed by atoms with E-state index in [9.17, 15) is 0 Å². The Bertz CT molecular complexity index is 1260. The van der Waals surface area contributed by atoms with Crippen molar-refractivity contribution in [2.45, 2.75) is 20.0 Å². The van der Waals surface area contributed by atoms with Crippen LogP contribution in [0.15, 0.2) is 65.8 Å². The molecule has 0 unspecified atom stereocenters. The number of benzene rings is 3. The fraction of sp³-hybridized carbons (Fsp3) is 0.125. The molecule has 3 nitrogen and oxygen atoms in total. The molecule has 31 heavy (non-hydrogen) atoms. The molecule has 3 aromatic carbocycles. The molecule has 0 atom stereocenters. The third-order valence-corrected chi connectivity index (χ3v) is 6.52. The lowest BCUT2D eigenvalue weighted by atomic mass is 10.1. The first-order chi connectivity index (χ1) is 15.0. The summed E-state index contributed by atoms with van der Waals surface area (Å²) in [5, 5.41) is 8.05. The highest BCUT2D eigenvalue weighted by molar-refractivity contribution is 6.36. The van der Waals surface area contributed by atoms with Gasteiger partial charge in [-0.2, -0.15) is 5.10 Å². The predicted molar refractivity (Wildman–Crippen MR) is 133 cm³/mol. The molecule has 158 valence electrons. The van der Waals surface area contributed by atoms with Gasteiger partial charge in [-0.3, -0.25) is 0 Å². The fourth-order valence-corrected chi connectivity index (χ4v) is 4.58. The number of hydrogen-bond donors (Lipinski definition) is 1. The second-order valence-corrected chi connectivity index (χ2v) is 8.79. The zero-order valence-corrected chi connectivity index (χ0v) is 19.7. The average molecular weight is 491 g/mol. The van der Waals surface area contributed by atoms with E-state index in [4.69, 9.17) is 46.4 Å². The smallest absolute Gasteiger partial charge is 0.0609 e. The molecule has 1 aromatic heterocycles. The van der Waals surface area contributed by atoms with Crippen molar-refractivity contribution in [2.24, 2.45) is 5.10 Å². The Labute approximate surface area is 201 Å². The first kappa shape index (κ1) is 22.0. The van der Waals surface area contributed by atoms with Gasteiger partial charge in [0.25, 0.3) is 0 Å². The molecular weight excluding hydrogens is 472 g/mol. The number of fused-ring (bicyclic) bond motifs is 1. The fourth-order valence-electron chi connectivity index (χ4n) is 3.58. The van der Waals surface area contributed by atoms with E-state index in [1.165, 1.54) is 0 Å². The molecule has 0 amide bonds. The molecule has 1 N–H and O–H groups in total. The first-order valence-corrected chi connectivity index (χ1v) is 11.2. The highest BCUT2D eigenvalue weighted by Crippen LogP contribution is 2.28. The maximum Gasteiger partial charge on any atom is 0.0609 e. The quantitative estimate of drug-likeness (QED) is 0.217. The van der Waals surface area contributed by atoms with Crippen LogP contribution in [0.2, 0.25) is 20.1 Å². The molecule has 0 saturated heterocycles. The van der Waals surface area contributed by atoms with Crippen molar-refractivity contribution in [1.29, 1.82) is 0 Å². The van der Waals surface area contributed by atoms with Crippen LogP contribution >= 0.6 is 46.4 Å².